The van der Waals surface area contributed by atoms with Crippen molar-refractivity contribution in [3.8, 4) is 11.5 Å². The summed E-state index contributed by atoms with van der Waals surface area (Å²) in [5, 5.41) is 13.2. The fourth-order valence-corrected chi connectivity index (χ4v) is 4.11. The van der Waals surface area contributed by atoms with Gasteiger partial charge in [-0.05, 0) is 53.5 Å². The third-order valence-electron chi connectivity index (χ3n) is 5.78. The molecule has 0 spiro atoms. The fraction of sp³-hybridized carbons (Fsp3) is 0.381. The maximum Gasteiger partial charge on any atom is 0.492 e. The van der Waals surface area contributed by atoms with Gasteiger partial charge in [0, 0.05) is 6.42 Å². The Hall–Kier alpha value is -2.51. The summed E-state index contributed by atoms with van der Waals surface area (Å²) >= 11 is 0. The summed E-state index contributed by atoms with van der Waals surface area (Å²) in [6.07, 6.45) is 2.79. The van der Waals surface area contributed by atoms with Crippen LogP contribution in [-0.4, -0.2) is 31.3 Å². The number of aryl methyl sites for hydroxylation is 1. The van der Waals surface area contributed by atoms with Crippen LogP contribution in [0, 0.1) is 0 Å². The molecule has 28 heavy (non-hydrogen) atoms. The van der Waals surface area contributed by atoms with Crippen LogP contribution in [0.4, 0.5) is 0 Å². The van der Waals surface area contributed by atoms with E-state index in [9.17, 15) is 9.82 Å². The van der Waals surface area contributed by atoms with Gasteiger partial charge < -0.3 is 24.5 Å². The first-order valence-corrected chi connectivity index (χ1v) is 9.76. The molecule has 1 fully saturated rings. The molecule has 2 aromatic carbocycles. The Morgan fingerprint density at radius 2 is 1.96 bits per heavy atom. The number of rotatable bonds is 5. The highest BCUT2D eigenvalue weighted by Crippen LogP contribution is 2.47. The molecule has 1 saturated carbocycles. The third kappa shape index (κ3) is 3.14. The lowest BCUT2D eigenvalue weighted by Crippen LogP contribution is -2.36. The lowest BCUT2D eigenvalue weighted by atomic mass is 9.75. The van der Waals surface area contributed by atoms with Crippen molar-refractivity contribution in [3.63, 3.8) is 0 Å². The first-order chi connectivity index (χ1) is 13.6. The molecule has 1 amide bonds. The van der Waals surface area contributed by atoms with Crippen LogP contribution in [0.15, 0.2) is 36.4 Å². The number of ether oxygens (including phenoxy) is 2. The van der Waals surface area contributed by atoms with Gasteiger partial charge in [-0.1, -0.05) is 24.3 Å². The molecule has 1 aliphatic carbocycles. The largest absolute Gasteiger partial charge is 0.492 e. The standard InChI is InChI=1S/C21H22BNO5/c24-19(7-4-14-2-1-3-15-13-28-22(25)20(14)15)23-21(8-9-21)16-5-6-17-18(12-16)27-11-10-26-17/h1-3,5-6,12,25H,4,7-11,13H2,(H,23,24). The fourth-order valence-electron chi connectivity index (χ4n) is 4.11. The Morgan fingerprint density at radius 3 is 2.79 bits per heavy atom. The Kier molecular flexibility index (Phi) is 4.29. The van der Waals surface area contributed by atoms with E-state index in [4.69, 9.17) is 14.1 Å². The van der Waals surface area contributed by atoms with Crippen LogP contribution in [0.5, 0.6) is 11.5 Å². The first kappa shape index (κ1) is 17.6. The second-order valence-corrected chi connectivity index (χ2v) is 7.64. The van der Waals surface area contributed by atoms with Crippen LogP contribution in [-0.2, 0) is 28.0 Å². The van der Waals surface area contributed by atoms with Crippen molar-refractivity contribution in [2.45, 2.75) is 37.8 Å². The number of carbonyl (C=O) groups excluding carboxylic acids is 1. The maximum atomic E-state index is 12.7. The molecule has 5 rings (SSSR count). The van der Waals surface area contributed by atoms with Crippen LogP contribution in [0.25, 0.3) is 0 Å². The van der Waals surface area contributed by atoms with Crippen LogP contribution in [0.3, 0.4) is 0 Å². The van der Waals surface area contributed by atoms with E-state index in [0.717, 1.165) is 46.5 Å². The second kappa shape index (κ2) is 6.83. The van der Waals surface area contributed by atoms with Gasteiger partial charge in [0.05, 0.1) is 12.1 Å². The van der Waals surface area contributed by atoms with Crippen LogP contribution in [0.1, 0.15) is 36.0 Å². The van der Waals surface area contributed by atoms with E-state index in [1.165, 1.54) is 0 Å². The van der Waals surface area contributed by atoms with E-state index >= 15 is 0 Å². The zero-order valence-corrected chi connectivity index (χ0v) is 15.6. The Labute approximate surface area is 163 Å². The molecule has 0 bridgehead atoms. The monoisotopic (exact) mass is 379 g/mol. The van der Waals surface area contributed by atoms with E-state index in [1.54, 1.807) is 0 Å². The van der Waals surface area contributed by atoms with Gasteiger partial charge in [0.1, 0.15) is 13.2 Å². The zero-order chi connectivity index (χ0) is 19.1. The van der Waals surface area contributed by atoms with Gasteiger partial charge in [-0.15, -0.1) is 0 Å². The average molecular weight is 379 g/mol. The lowest BCUT2D eigenvalue weighted by Gasteiger charge is -2.23. The molecule has 144 valence electrons. The topological polar surface area (TPSA) is 77.0 Å². The molecular weight excluding hydrogens is 357 g/mol. The van der Waals surface area contributed by atoms with Gasteiger partial charge in [0.15, 0.2) is 11.5 Å². The average Bonchev–Trinajstić information content (AvgIpc) is 3.40. The Morgan fingerprint density at radius 1 is 1.14 bits per heavy atom. The van der Waals surface area contributed by atoms with Crippen molar-refractivity contribution < 1.29 is 23.9 Å². The highest BCUT2D eigenvalue weighted by molar-refractivity contribution is 6.62. The van der Waals surface area contributed by atoms with E-state index in [-0.39, 0.29) is 11.4 Å². The number of carbonyl (C=O) groups is 1. The quantitative estimate of drug-likeness (QED) is 0.769. The van der Waals surface area contributed by atoms with Gasteiger partial charge in [0.2, 0.25) is 5.91 Å². The van der Waals surface area contributed by atoms with Crippen molar-refractivity contribution in [2.24, 2.45) is 0 Å². The van der Waals surface area contributed by atoms with Gasteiger partial charge in [0.25, 0.3) is 0 Å². The summed E-state index contributed by atoms with van der Waals surface area (Å²) in [4.78, 5) is 12.7. The molecule has 7 heteroatoms. The lowest BCUT2D eigenvalue weighted by molar-refractivity contribution is -0.122. The smallest absolute Gasteiger partial charge is 0.486 e. The molecule has 2 aliphatic heterocycles. The minimum Gasteiger partial charge on any atom is -0.486 e. The van der Waals surface area contributed by atoms with Gasteiger partial charge in [-0.3, -0.25) is 4.79 Å². The van der Waals surface area contributed by atoms with Gasteiger partial charge >= 0.3 is 7.12 Å². The summed E-state index contributed by atoms with van der Waals surface area (Å²) in [6, 6.07) is 11.8. The van der Waals surface area contributed by atoms with Crippen LogP contribution >= 0.6 is 0 Å². The molecule has 6 nitrogen and oxygen atoms in total. The Bertz CT molecular complexity index is 927. The van der Waals surface area contributed by atoms with Gasteiger partial charge in [-0.2, -0.15) is 0 Å². The SMILES string of the molecule is O=C(CCc1cccc2c1B(O)OC2)NC1(c2ccc3c(c2)OCCO3)CC1. The highest BCUT2D eigenvalue weighted by atomic mass is 16.6. The zero-order valence-electron chi connectivity index (χ0n) is 15.6. The molecule has 2 N–H and O–H groups in total. The molecule has 2 aromatic rings. The summed E-state index contributed by atoms with van der Waals surface area (Å²) < 4.78 is 16.6. The van der Waals surface area contributed by atoms with Crippen molar-refractivity contribution >= 4 is 18.5 Å². The second-order valence-electron chi connectivity index (χ2n) is 7.64. The summed E-state index contributed by atoms with van der Waals surface area (Å²) in [5.74, 6) is 1.52. The number of benzene rings is 2. The number of nitrogens with one attached hydrogen (secondary N) is 1. The molecular formula is C21H22BNO5. The molecule has 2 heterocycles. The predicted molar refractivity (Wildman–Crippen MR) is 104 cm³/mol. The molecule has 0 aromatic heterocycles. The van der Waals surface area contributed by atoms with Gasteiger partial charge in [-0.25, -0.2) is 0 Å². The normalized spacial score (nSPS) is 18.5. The van der Waals surface area contributed by atoms with Crippen LogP contribution < -0.4 is 20.3 Å². The molecule has 0 unspecified atom stereocenters. The number of hydrogen-bond donors (Lipinski definition) is 2. The first-order valence-electron chi connectivity index (χ1n) is 9.76. The summed E-state index contributed by atoms with van der Waals surface area (Å²) in [6.45, 7) is 1.54. The van der Waals surface area contributed by atoms with Crippen molar-refractivity contribution in [1.82, 2.24) is 5.32 Å². The summed E-state index contributed by atoms with van der Waals surface area (Å²) in [5.41, 5.74) is 3.56. The summed E-state index contributed by atoms with van der Waals surface area (Å²) in [7, 11) is -0.887. The Balaban J connectivity index is 1.26. The van der Waals surface area contributed by atoms with Crippen molar-refractivity contribution in [1.29, 1.82) is 0 Å². The molecule has 0 saturated heterocycles. The predicted octanol–water partition coefficient (Wildman–Crippen LogP) is 1.41. The van der Waals surface area contributed by atoms with E-state index in [2.05, 4.69) is 5.32 Å². The van der Waals surface area contributed by atoms with Crippen LogP contribution in [0.2, 0.25) is 0 Å². The number of amides is 1. The highest BCUT2D eigenvalue weighted by Gasteiger charge is 2.46. The van der Waals surface area contributed by atoms with Crippen molar-refractivity contribution in [3.05, 3.63) is 53.1 Å². The van der Waals surface area contributed by atoms with E-state index in [0.29, 0.717) is 32.7 Å². The minimum absolute atomic E-state index is 0.0124. The number of fused-ring (bicyclic) bond motifs is 2. The minimum atomic E-state index is -0.887. The molecule has 3 aliphatic rings. The molecule has 0 radical (unpaired) electrons. The van der Waals surface area contributed by atoms with E-state index in [1.807, 2.05) is 36.4 Å². The van der Waals surface area contributed by atoms with Crippen molar-refractivity contribution in [2.75, 3.05) is 13.2 Å². The van der Waals surface area contributed by atoms with E-state index < -0.39 is 7.12 Å². The maximum absolute atomic E-state index is 12.7. The molecule has 0 atom stereocenters. The third-order valence-corrected chi connectivity index (χ3v) is 5.78. The number of hydrogen-bond acceptors (Lipinski definition) is 5.